The van der Waals surface area contributed by atoms with Crippen molar-refractivity contribution < 1.29 is 14.6 Å². The molecule has 20 heavy (non-hydrogen) atoms. The van der Waals surface area contributed by atoms with E-state index in [-0.39, 0.29) is 30.0 Å². The van der Waals surface area contributed by atoms with E-state index in [1.807, 2.05) is 0 Å². The summed E-state index contributed by atoms with van der Waals surface area (Å²) < 4.78 is 12.2. The molecule has 0 atom stereocenters. The van der Waals surface area contributed by atoms with Crippen LogP contribution < -0.4 is 10.3 Å². The van der Waals surface area contributed by atoms with Crippen molar-refractivity contribution in [3.05, 3.63) is 21.0 Å². The van der Waals surface area contributed by atoms with Crippen molar-refractivity contribution >= 4 is 24.0 Å². The van der Waals surface area contributed by atoms with Gasteiger partial charge in [0.1, 0.15) is 17.8 Å². The van der Waals surface area contributed by atoms with Gasteiger partial charge in [-0.15, -0.1) is 0 Å². The highest BCUT2D eigenvalue weighted by Crippen LogP contribution is 2.18. The normalized spacial score (nSPS) is 11.7. The van der Waals surface area contributed by atoms with E-state index >= 15 is 0 Å². The Bertz CT molecular complexity index is 487. The Kier molecular flexibility index (Phi) is 6.87. The van der Waals surface area contributed by atoms with Crippen molar-refractivity contribution in [2.24, 2.45) is 0 Å². The summed E-state index contributed by atoms with van der Waals surface area (Å²) in [5.41, 5.74) is -0.312. The molecule has 0 fully saturated rings. The van der Waals surface area contributed by atoms with Crippen LogP contribution in [0.5, 0.6) is 5.75 Å². The lowest BCUT2D eigenvalue weighted by Crippen LogP contribution is -2.27. The van der Waals surface area contributed by atoms with Crippen molar-refractivity contribution in [2.75, 3.05) is 19.8 Å². The van der Waals surface area contributed by atoms with Crippen molar-refractivity contribution in [1.82, 2.24) is 9.78 Å². The summed E-state index contributed by atoms with van der Waals surface area (Å²) >= 11 is 3.17. The van der Waals surface area contributed by atoms with Crippen LogP contribution in [0.25, 0.3) is 0 Å². The minimum atomic E-state index is -1.13. The zero-order valence-corrected chi connectivity index (χ0v) is 14.6. The van der Waals surface area contributed by atoms with Crippen molar-refractivity contribution in [2.45, 2.75) is 32.4 Å². The summed E-state index contributed by atoms with van der Waals surface area (Å²) in [5, 5.41) is 12.7. The first-order valence-corrected chi connectivity index (χ1v) is 10.9. The molecule has 6 nitrogen and oxygen atoms in total. The molecule has 0 unspecified atom stereocenters. The Hall–Kier alpha value is -0.703. The Morgan fingerprint density at radius 2 is 2.10 bits per heavy atom. The van der Waals surface area contributed by atoms with Crippen LogP contribution in [-0.2, 0) is 11.5 Å². The van der Waals surface area contributed by atoms with Gasteiger partial charge in [-0.05, 0) is 22.0 Å². The molecule has 114 valence electrons. The van der Waals surface area contributed by atoms with Gasteiger partial charge in [-0.2, -0.15) is 5.10 Å². The molecule has 8 heteroatoms. The van der Waals surface area contributed by atoms with Gasteiger partial charge in [0.15, 0.2) is 5.75 Å². The van der Waals surface area contributed by atoms with E-state index in [4.69, 9.17) is 14.6 Å². The number of aliphatic hydroxyl groups excluding tert-OH is 1. The Morgan fingerprint density at radius 3 is 2.70 bits per heavy atom. The molecule has 0 bridgehead atoms. The molecule has 1 aromatic rings. The van der Waals surface area contributed by atoms with Gasteiger partial charge in [0, 0.05) is 14.7 Å². The number of rotatable bonds is 8. The molecule has 1 aromatic heterocycles. The average Bonchev–Trinajstić information content (AvgIpc) is 2.37. The third-order valence-electron chi connectivity index (χ3n) is 2.51. The van der Waals surface area contributed by atoms with Gasteiger partial charge in [-0.1, -0.05) is 19.6 Å². The number of ether oxygens (including phenoxy) is 2. The highest BCUT2D eigenvalue weighted by molar-refractivity contribution is 9.10. The van der Waals surface area contributed by atoms with Crippen molar-refractivity contribution in [3.8, 4) is 5.75 Å². The van der Waals surface area contributed by atoms with Crippen LogP contribution in [0.4, 0.5) is 0 Å². The second kappa shape index (κ2) is 7.92. The van der Waals surface area contributed by atoms with E-state index in [9.17, 15) is 4.79 Å². The van der Waals surface area contributed by atoms with E-state index in [0.717, 1.165) is 6.04 Å². The molecule has 0 radical (unpaired) electrons. The maximum Gasteiger partial charge on any atom is 0.287 e. The number of aromatic nitrogens is 2. The molecule has 0 aliphatic carbocycles. The highest BCUT2D eigenvalue weighted by atomic mass is 79.9. The Labute approximate surface area is 127 Å². The number of hydrogen-bond acceptors (Lipinski definition) is 5. The molecule has 0 aliphatic rings. The van der Waals surface area contributed by atoms with E-state index in [0.29, 0.717) is 12.4 Å². The zero-order valence-electron chi connectivity index (χ0n) is 12.1. The monoisotopic (exact) mass is 364 g/mol. The lowest BCUT2D eigenvalue weighted by molar-refractivity contribution is 0.0743. The Balaban J connectivity index is 2.59. The van der Waals surface area contributed by atoms with Crippen LogP contribution in [0.3, 0.4) is 0 Å². The van der Waals surface area contributed by atoms with E-state index in [1.165, 1.54) is 10.9 Å². The lowest BCUT2D eigenvalue weighted by Gasteiger charge is -2.15. The predicted molar refractivity (Wildman–Crippen MR) is 82.9 cm³/mol. The molecule has 0 saturated carbocycles. The fourth-order valence-corrected chi connectivity index (χ4v) is 2.51. The Morgan fingerprint density at radius 1 is 1.40 bits per heavy atom. The van der Waals surface area contributed by atoms with Crippen LogP contribution in [0.1, 0.15) is 0 Å². The summed E-state index contributed by atoms with van der Waals surface area (Å²) in [6.45, 7) is 7.57. The largest absolute Gasteiger partial charge is 0.488 e. The predicted octanol–water partition coefficient (Wildman–Crippen LogP) is 1.69. The quantitative estimate of drug-likeness (QED) is 0.561. The molecule has 0 aliphatic heterocycles. The first-order chi connectivity index (χ1) is 9.35. The van der Waals surface area contributed by atoms with Crippen molar-refractivity contribution in [3.63, 3.8) is 0 Å². The van der Waals surface area contributed by atoms with Crippen LogP contribution in [0.2, 0.25) is 25.7 Å². The number of nitrogens with zero attached hydrogens (tertiary/aromatic N) is 2. The summed E-state index contributed by atoms with van der Waals surface area (Å²) in [6.07, 6.45) is 1.43. The summed E-state index contributed by atoms with van der Waals surface area (Å²) in [5.74, 6) is 0.322. The maximum absolute atomic E-state index is 12.0. The van der Waals surface area contributed by atoms with E-state index < -0.39 is 8.07 Å². The standard InChI is InChI=1S/C12H21BrN2O4Si/c1-20(2,3)7-6-18-9-15-12(17)11(13)10(8-14-15)19-5-4-16/h8,16H,4-7,9H2,1-3H3. The van der Waals surface area contributed by atoms with Crippen LogP contribution in [0.15, 0.2) is 15.5 Å². The third-order valence-corrected chi connectivity index (χ3v) is 4.95. The van der Waals surface area contributed by atoms with Crippen LogP contribution in [0, 0.1) is 0 Å². The molecule has 1 rings (SSSR count). The molecule has 0 spiro atoms. The second-order valence-corrected chi connectivity index (χ2v) is 12.0. The fraction of sp³-hybridized carbons (Fsp3) is 0.667. The SMILES string of the molecule is C[Si](C)(C)CCOCn1ncc(OCCO)c(Br)c1=O. The topological polar surface area (TPSA) is 73.6 Å². The first-order valence-electron chi connectivity index (χ1n) is 6.42. The average molecular weight is 365 g/mol. The van der Waals surface area contributed by atoms with Gasteiger partial charge < -0.3 is 14.6 Å². The summed E-state index contributed by atoms with van der Waals surface area (Å²) in [6, 6.07) is 1.04. The third kappa shape index (κ3) is 5.74. The number of hydrogen-bond donors (Lipinski definition) is 1. The van der Waals surface area contributed by atoms with Gasteiger partial charge in [0.2, 0.25) is 0 Å². The van der Waals surface area contributed by atoms with Gasteiger partial charge >= 0.3 is 0 Å². The highest BCUT2D eigenvalue weighted by Gasteiger charge is 2.13. The maximum atomic E-state index is 12.0. The summed E-state index contributed by atoms with van der Waals surface area (Å²) in [4.78, 5) is 12.0. The summed E-state index contributed by atoms with van der Waals surface area (Å²) in [7, 11) is -1.13. The van der Waals surface area contributed by atoms with Crippen LogP contribution >= 0.6 is 15.9 Å². The minimum Gasteiger partial charge on any atom is -0.488 e. The molecule has 0 amide bonds. The van der Waals surface area contributed by atoms with Gasteiger partial charge in [0.05, 0.1) is 12.8 Å². The first kappa shape index (κ1) is 17.3. The van der Waals surface area contributed by atoms with Gasteiger partial charge in [-0.25, -0.2) is 4.68 Å². The fourth-order valence-electron chi connectivity index (χ4n) is 1.33. The molecule has 1 heterocycles. The van der Waals surface area contributed by atoms with Crippen LogP contribution in [-0.4, -0.2) is 42.8 Å². The van der Waals surface area contributed by atoms with E-state index in [2.05, 4.69) is 40.7 Å². The van der Waals surface area contributed by atoms with Gasteiger partial charge in [-0.3, -0.25) is 4.79 Å². The van der Waals surface area contributed by atoms with Gasteiger partial charge in [0.25, 0.3) is 5.56 Å². The lowest BCUT2D eigenvalue weighted by atomic mass is 10.5. The second-order valence-electron chi connectivity index (χ2n) is 5.55. The zero-order chi connectivity index (χ0) is 15.2. The minimum absolute atomic E-state index is 0.116. The van der Waals surface area contributed by atoms with E-state index in [1.54, 1.807) is 0 Å². The molecular weight excluding hydrogens is 344 g/mol. The van der Waals surface area contributed by atoms with Crippen molar-refractivity contribution in [1.29, 1.82) is 0 Å². The molecule has 1 N–H and O–H groups in total. The molecule has 0 saturated heterocycles. The number of aliphatic hydroxyl groups is 1. The smallest absolute Gasteiger partial charge is 0.287 e. The molecule has 0 aromatic carbocycles. The number of halogens is 1. The molecular formula is C12H21BrN2O4Si.